The Morgan fingerprint density at radius 2 is 2.24 bits per heavy atom. The van der Waals surface area contributed by atoms with Gasteiger partial charge in [-0.3, -0.25) is 4.79 Å². The van der Waals surface area contributed by atoms with E-state index in [0.717, 1.165) is 6.08 Å². The summed E-state index contributed by atoms with van der Waals surface area (Å²) in [5, 5.41) is 4.22. The molecule has 0 aliphatic heterocycles. The van der Waals surface area contributed by atoms with Crippen LogP contribution in [0.1, 0.15) is 0 Å². The van der Waals surface area contributed by atoms with Crippen LogP contribution < -0.4 is 10.6 Å². The summed E-state index contributed by atoms with van der Waals surface area (Å²) in [6, 6.07) is 4.35. The van der Waals surface area contributed by atoms with E-state index < -0.39 is 18.5 Å². The fraction of sp³-hybridized carbons (Fsp3) is 0.100. The molecule has 0 atom stereocenters. The van der Waals surface area contributed by atoms with E-state index in [2.05, 4.69) is 10.6 Å². The number of hydrogen-bond donors (Lipinski definition) is 2. The van der Waals surface area contributed by atoms with Crippen LogP contribution in [-0.4, -0.2) is 12.7 Å². The maximum atomic E-state index is 13.3. The Bertz CT molecular complexity index is 454. The number of anilines is 1. The van der Waals surface area contributed by atoms with Crippen molar-refractivity contribution in [2.45, 2.75) is 0 Å². The summed E-state index contributed by atoms with van der Waals surface area (Å²) in [5.41, 5.74) is 0.0383. The average molecular weight is 373 g/mol. The van der Waals surface area contributed by atoms with E-state index in [1.807, 2.05) is 22.6 Å². The number of rotatable bonds is 4. The molecule has 0 spiro atoms. The van der Waals surface area contributed by atoms with Gasteiger partial charge >= 0.3 is 0 Å². The fourth-order valence-electron chi connectivity index (χ4n) is 0.990. The van der Waals surface area contributed by atoms with Gasteiger partial charge in [-0.2, -0.15) is 0 Å². The Hall–Kier alpha value is -0.890. The summed E-state index contributed by atoms with van der Waals surface area (Å²) in [6.07, 6.45) is 0.929. The van der Waals surface area contributed by atoms with E-state index in [-0.39, 0.29) is 10.8 Å². The highest BCUT2D eigenvalue weighted by molar-refractivity contribution is 14.1. The van der Waals surface area contributed by atoms with E-state index >= 15 is 0 Å². The first kappa shape index (κ1) is 14.2. The molecular weight excluding hydrogens is 364 g/mol. The van der Waals surface area contributed by atoms with Gasteiger partial charge < -0.3 is 10.6 Å². The molecule has 0 aliphatic rings. The fourth-order valence-corrected chi connectivity index (χ4v) is 1.59. The molecule has 0 aromatic heterocycles. The monoisotopic (exact) mass is 372 g/mol. The Balaban J connectivity index is 2.71. The van der Waals surface area contributed by atoms with Gasteiger partial charge in [0.05, 0.1) is 5.69 Å². The van der Waals surface area contributed by atoms with Gasteiger partial charge in [-0.25, -0.2) is 8.78 Å². The molecule has 1 aromatic carbocycles. The highest BCUT2D eigenvalue weighted by Gasteiger charge is 2.06. The SMILES string of the molecule is O=C(/C=C(/Cl)NCF)Nc1ccc(I)cc1F. The van der Waals surface area contributed by atoms with Crippen molar-refractivity contribution >= 4 is 45.8 Å². The number of carbonyl (C=O) groups is 1. The minimum absolute atomic E-state index is 0.0383. The molecule has 0 saturated carbocycles. The van der Waals surface area contributed by atoms with E-state index in [0.29, 0.717) is 3.57 Å². The number of nitrogens with one attached hydrogen (secondary N) is 2. The second kappa shape index (κ2) is 6.75. The first-order chi connectivity index (χ1) is 8.02. The third-order valence-corrected chi connectivity index (χ3v) is 2.60. The summed E-state index contributed by atoms with van der Waals surface area (Å²) < 4.78 is 25.9. The van der Waals surface area contributed by atoms with Crippen molar-refractivity contribution in [2.24, 2.45) is 0 Å². The Labute approximate surface area is 115 Å². The van der Waals surface area contributed by atoms with Gasteiger partial charge in [0, 0.05) is 9.65 Å². The second-order valence-corrected chi connectivity index (χ2v) is 4.57. The van der Waals surface area contributed by atoms with Crippen molar-refractivity contribution in [3.63, 3.8) is 0 Å². The van der Waals surface area contributed by atoms with Gasteiger partial charge in [0.1, 0.15) is 11.0 Å². The summed E-state index contributed by atoms with van der Waals surface area (Å²) in [5.74, 6) is -1.19. The number of alkyl halides is 1. The van der Waals surface area contributed by atoms with Crippen molar-refractivity contribution in [3.8, 4) is 0 Å². The molecule has 0 unspecified atom stereocenters. The topological polar surface area (TPSA) is 41.1 Å². The lowest BCUT2D eigenvalue weighted by atomic mass is 10.3. The van der Waals surface area contributed by atoms with Crippen molar-refractivity contribution in [2.75, 3.05) is 12.1 Å². The summed E-state index contributed by atoms with van der Waals surface area (Å²) in [6.45, 7) is -0.888. The summed E-state index contributed by atoms with van der Waals surface area (Å²) in [4.78, 5) is 11.3. The number of benzene rings is 1. The van der Waals surface area contributed by atoms with E-state index in [1.165, 1.54) is 12.1 Å². The molecule has 3 nitrogen and oxygen atoms in total. The molecule has 92 valence electrons. The predicted molar refractivity (Wildman–Crippen MR) is 70.8 cm³/mol. The van der Waals surface area contributed by atoms with Crippen LogP contribution >= 0.6 is 34.2 Å². The zero-order chi connectivity index (χ0) is 12.8. The minimum Gasteiger partial charge on any atom is -0.349 e. The average Bonchev–Trinajstić information content (AvgIpc) is 2.22. The quantitative estimate of drug-likeness (QED) is 0.485. The number of hydrogen-bond acceptors (Lipinski definition) is 2. The molecular formula is C10H8ClF2IN2O. The first-order valence-electron chi connectivity index (χ1n) is 4.46. The van der Waals surface area contributed by atoms with E-state index in [1.54, 1.807) is 6.07 Å². The Kier molecular flexibility index (Phi) is 5.63. The van der Waals surface area contributed by atoms with Crippen molar-refractivity contribution in [1.82, 2.24) is 5.32 Å². The molecule has 1 aromatic rings. The molecule has 0 aliphatic carbocycles. The van der Waals surface area contributed by atoms with Crippen molar-refractivity contribution in [1.29, 1.82) is 0 Å². The summed E-state index contributed by atoms with van der Waals surface area (Å²) >= 11 is 7.41. The molecule has 17 heavy (non-hydrogen) atoms. The van der Waals surface area contributed by atoms with E-state index in [4.69, 9.17) is 11.6 Å². The van der Waals surface area contributed by atoms with Crippen molar-refractivity contribution in [3.05, 3.63) is 38.8 Å². The van der Waals surface area contributed by atoms with Gasteiger partial charge in [0.15, 0.2) is 6.80 Å². The van der Waals surface area contributed by atoms with E-state index in [9.17, 15) is 13.6 Å². The lowest BCUT2D eigenvalue weighted by molar-refractivity contribution is -0.112. The van der Waals surface area contributed by atoms with Gasteiger partial charge in [-0.1, -0.05) is 11.6 Å². The lowest BCUT2D eigenvalue weighted by Gasteiger charge is -2.04. The van der Waals surface area contributed by atoms with Gasteiger partial charge in [-0.15, -0.1) is 0 Å². The van der Waals surface area contributed by atoms with Gasteiger partial charge in [0.25, 0.3) is 5.91 Å². The molecule has 0 bridgehead atoms. The van der Waals surface area contributed by atoms with Crippen LogP contribution in [0.3, 0.4) is 0 Å². The van der Waals surface area contributed by atoms with Crippen LogP contribution in [0.15, 0.2) is 29.4 Å². The predicted octanol–water partition coefficient (Wildman–Crippen LogP) is 2.97. The van der Waals surface area contributed by atoms with Crippen LogP contribution in [-0.2, 0) is 4.79 Å². The highest BCUT2D eigenvalue weighted by atomic mass is 127. The zero-order valence-corrected chi connectivity index (χ0v) is 11.4. The molecule has 0 heterocycles. The highest BCUT2D eigenvalue weighted by Crippen LogP contribution is 2.17. The number of carbonyl (C=O) groups excluding carboxylic acids is 1. The molecule has 0 fully saturated rings. The van der Waals surface area contributed by atoms with Crippen LogP contribution in [0.4, 0.5) is 14.5 Å². The molecule has 7 heteroatoms. The molecule has 2 N–H and O–H groups in total. The molecule has 1 amide bonds. The van der Waals surface area contributed by atoms with Crippen LogP contribution in [0.2, 0.25) is 0 Å². The molecule has 0 radical (unpaired) electrons. The lowest BCUT2D eigenvalue weighted by Crippen LogP contribution is -2.14. The third-order valence-electron chi connectivity index (χ3n) is 1.68. The number of halogens is 4. The Morgan fingerprint density at radius 3 is 2.82 bits per heavy atom. The second-order valence-electron chi connectivity index (χ2n) is 2.92. The molecule has 0 saturated heterocycles. The van der Waals surface area contributed by atoms with Gasteiger partial charge in [-0.05, 0) is 40.8 Å². The van der Waals surface area contributed by atoms with Crippen LogP contribution in [0.5, 0.6) is 0 Å². The smallest absolute Gasteiger partial charge is 0.251 e. The first-order valence-corrected chi connectivity index (χ1v) is 5.91. The Morgan fingerprint density at radius 1 is 1.53 bits per heavy atom. The normalized spacial score (nSPS) is 11.2. The number of amides is 1. The maximum Gasteiger partial charge on any atom is 0.251 e. The third kappa shape index (κ3) is 4.86. The standard InChI is InChI=1S/C10H8ClF2IN2O/c11-9(15-5-12)4-10(17)16-8-2-1-6(14)3-7(8)13/h1-4,15H,5H2,(H,16,17)/b9-4-. The minimum atomic E-state index is -0.888. The maximum absolute atomic E-state index is 13.3. The van der Waals surface area contributed by atoms with Crippen molar-refractivity contribution < 1.29 is 13.6 Å². The van der Waals surface area contributed by atoms with Crippen LogP contribution in [0, 0.1) is 9.39 Å². The largest absolute Gasteiger partial charge is 0.349 e. The zero-order valence-electron chi connectivity index (χ0n) is 8.44. The van der Waals surface area contributed by atoms with Gasteiger partial charge in [0.2, 0.25) is 0 Å². The molecule has 1 rings (SSSR count). The van der Waals surface area contributed by atoms with Crippen LogP contribution in [0.25, 0.3) is 0 Å². The summed E-state index contributed by atoms with van der Waals surface area (Å²) in [7, 11) is 0.